The fraction of sp³-hybridized carbons (Fsp3) is 0.385. The van der Waals surface area contributed by atoms with E-state index in [4.69, 9.17) is 14.9 Å². The first kappa shape index (κ1) is 14.0. The van der Waals surface area contributed by atoms with E-state index in [0.29, 0.717) is 5.75 Å². The molecule has 0 fully saturated rings. The maximum Gasteiger partial charge on any atom is 0.321 e. The molecule has 98 valence electrons. The largest absolute Gasteiger partial charge is 0.494 e. The third kappa shape index (κ3) is 3.00. The van der Waals surface area contributed by atoms with Crippen LogP contribution in [-0.2, 0) is 9.59 Å². The lowest BCUT2D eigenvalue weighted by molar-refractivity contribution is -0.166. The second kappa shape index (κ2) is 6.05. The van der Waals surface area contributed by atoms with Crippen LogP contribution in [0.5, 0.6) is 5.75 Å². The lowest BCUT2D eigenvalue weighted by Crippen LogP contribution is -2.40. The predicted octanol–water partition coefficient (Wildman–Crippen LogP) is 2.02. The summed E-state index contributed by atoms with van der Waals surface area (Å²) in [5.41, 5.74) is -1.77. The first-order valence-corrected chi connectivity index (χ1v) is 5.67. The summed E-state index contributed by atoms with van der Waals surface area (Å²) in [6, 6.07) is 8.87. The summed E-state index contributed by atoms with van der Waals surface area (Å²) in [6.45, 7) is 1.60. The number of carbonyl (C=O) groups is 2. The van der Waals surface area contributed by atoms with Gasteiger partial charge >= 0.3 is 11.9 Å². The van der Waals surface area contributed by atoms with Gasteiger partial charge in [-0.05, 0) is 18.6 Å². The lowest BCUT2D eigenvalue weighted by Gasteiger charge is -2.22. The van der Waals surface area contributed by atoms with E-state index in [1.807, 2.05) is 6.07 Å². The highest BCUT2D eigenvalue weighted by atomic mass is 16.5. The highest BCUT2D eigenvalue weighted by Gasteiger charge is 2.44. The van der Waals surface area contributed by atoms with Gasteiger partial charge in [-0.3, -0.25) is 9.59 Å². The molecular weight excluding hydrogens is 236 g/mol. The number of ether oxygens (including phenoxy) is 1. The SMILES string of the molecule is CCC(CCOc1ccccc1)(C(=O)O)C(=O)O. The van der Waals surface area contributed by atoms with Crippen molar-refractivity contribution in [2.45, 2.75) is 19.8 Å². The molecule has 0 saturated carbocycles. The number of hydrogen-bond acceptors (Lipinski definition) is 3. The zero-order valence-electron chi connectivity index (χ0n) is 10.1. The summed E-state index contributed by atoms with van der Waals surface area (Å²) >= 11 is 0. The third-order valence-corrected chi connectivity index (χ3v) is 2.96. The van der Waals surface area contributed by atoms with E-state index in [9.17, 15) is 9.59 Å². The monoisotopic (exact) mass is 252 g/mol. The molecule has 1 aromatic carbocycles. The maximum atomic E-state index is 11.1. The average Bonchev–Trinajstić information content (AvgIpc) is 2.35. The fourth-order valence-electron chi connectivity index (χ4n) is 1.64. The van der Waals surface area contributed by atoms with Crippen LogP contribution < -0.4 is 4.74 Å². The predicted molar refractivity (Wildman–Crippen MR) is 64.5 cm³/mol. The van der Waals surface area contributed by atoms with Crippen molar-refractivity contribution in [3.05, 3.63) is 30.3 Å². The Hall–Kier alpha value is -2.04. The van der Waals surface area contributed by atoms with Crippen LogP contribution in [0.15, 0.2) is 30.3 Å². The molecule has 1 rings (SSSR count). The molecular formula is C13H16O5. The van der Waals surface area contributed by atoms with Crippen molar-refractivity contribution in [3.8, 4) is 5.75 Å². The van der Waals surface area contributed by atoms with Gasteiger partial charge in [0, 0.05) is 6.42 Å². The number of para-hydroxylation sites is 1. The van der Waals surface area contributed by atoms with Gasteiger partial charge in [0.2, 0.25) is 0 Å². The molecule has 0 amide bonds. The van der Waals surface area contributed by atoms with Crippen molar-refractivity contribution in [1.29, 1.82) is 0 Å². The number of hydrogen-bond donors (Lipinski definition) is 2. The number of aliphatic carboxylic acids is 2. The minimum absolute atomic E-state index is 0.0236. The number of benzene rings is 1. The molecule has 5 nitrogen and oxygen atoms in total. The fourth-order valence-corrected chi connectivity index (χ4v) is 1.64. The molecule has 0 aliphatic heterocycles. The van der Waals surface area contributed by atoms with Crippen LogP contribution in [0.4, 0.5) is 0 Å². The molecule has 0 aliphatic rings. The van der Waals surface area contributed by atoms with Crippen LogP contribution in [0.2, 0.25) is 0 Å². The Labute approximate surface area is 105 Å². The molecule has 0 heterocycles. The molecule has 0 aliphatic carbocycles. The Balaban J connectivity index is 2.64. The molecule has 0 bridgehead atoms. The third-order valence-electron chi connectivity index (χ3n) is 2.96. The van der Waals surface area contributed by atoms with Gasteiger partial charge in [-0.15, -0.1) is 0 Å². The van der Waals surface area contributed by atoms with E-state index >= 15 is 0 Å². The molecule has 0 spiro atoms. The van der Waals surface area contributed by atoms with E-state index in [1.54, 1.807) is 31.2 Å². The van der Waals surface area contributed by atoms with Crippen LogP contribution >= 0.6 is 0 Å². The number of carboxylic acid groups (broad SMARTS) is 2. The number of rotatable bonds is 7. The Kier molecular flexibility index (Phi) is 4.71. The molecule has 1 aromatic rings. The molecule has 0 atom stereocenters. The lowest BCUT2D eigenvalue weighted by atomic mass is 9.82. The van der Waals surface area contributed by atoms with Crippen LogP contribution in [0.3, 0.4) is 0 Å². The van der Waals surface area contributed by atoms with Crippen molar-refractivity contribution < 1.29 is 24.5 Å². The van der Waals surface area contributed by atoms with Gasteiger partial charge in [-0.25, -0.2) is 0 Å². The Bertz CT molecular complexity index is 399. The smallest absolute Gasteiger partial charge is 0.321 e. The molecule has 0 radical (unpaired) electrons. The highest BCUT2D eigenvalue weighted by molar-refractivity contribution is 5.98. The second-order valence-electron chi connectivity index (χ2n) is 3.96. The molecule has 5 heteroatoms. The maximum absolute atomic E-state index is 11.1. The number of carboxylic acids is 2. The molecule has 0 unspecified atom stereocenters. The van der Waals surface area contributed by atoms with Gasteiger partial charge in [-0.1, -0.05) is 25.1 Å². The zero-order chi connectivity index (χ0) is 13.6. The van der Waals surface area contributed by atoms with Crippen LogP contribution in [0.1, 0.15) is 19.8 Å². The Morgan fingerprint density at radius 1 is 1.17 bits per heavy atom. The van der Waals surface area contributed by atoms with Crippen molar-refractivity contribution in [1.82, 2.24) is 0 Å². The van der Waals surface area contributed by atoms with Gasteiger partial charge in [0.25, 0.3) is 0 Å². The van der Waals surface area contributed by atoms with E-state index < -0.39 is 17.4 Å². The van der Waals surface area contributed by atoms with Gasteiger partial charge in [0.15, 0.2) is 5.41 Å². The highest BCUT2D eigenvalue weighted by Crippen LogP contribution is 2.27. The second-order valence-corrected chi connectivity index (χ2v) is 3.96. The van der Waals surface area contributed by atoms with E-state index in [2.05, 4.69) is 0 Å². The first-order chi connectivity index (χ1) is 8.53. The quantitative estimate of drug-likeness (QED) is 0.725. The van der Waals surface area contributed by atoms with Crippen LogP contribution in [-0.4, -0.2) is 28.8 Å². The molecule has 18 heavy (non-hydrogen) atoms. The average molecular weight is 252 g/mol. The van der Waals surface area contributed by atoms with Gasteiger partial charge in [-0.2, -0.15) is 0 Å². The van der Waals surface area contributed by atoms with Crippen LogP contribution in [0, 0.1) is 5.41 Å². The summed E-state index contributed by atoms with van der Waals surface area (Å²) in [7, 11) is 0. The summed E-state index contributed by atoms with van der Waals surface area (Å²) < 4.78 is 5.34. The Morgan fingerprint density at radius 3 is 2.17 bits per heavy atom. The minimum atomic E-state index is -1.77. The van der Waals surface area contributed by atoms with Gasteiger partial charge in [0.05, 0.1) is 6.61 Å². The summed E-state index contributed by atoms with van der Waals surface area (Å²) in [5, 5.41) is 18.1. The molecule has 0 saturated heterocycles. The van der Waals surface area contributed by atoms with Crippen molar-refractivity contribution in [2.24, 2.45) is 5.41 Å². The summed E-state index contributed by atoms with van der Waals surface area (Å²) in [6.07, 6.45) is -0.0428. The van der Waals surface area contributed by atoms with E-state index in [1.165, 1.54) is 0 Å². The summed E-state index contributed by atoms with van der Waals surface area (Å²) in [4.78, 5) is 22.2. The van der Waals surface area contributed by atoms with E-state index in [-0.39, 0.29) is 19.4 Å². The van der Waals surface area contributed by atoms with E-state index in [0.717, 1.165) is 0 Å². The molecule has 0 aromatic heterocycles. The summed E-state index contributed by atoms with van der Waals surface area (Å²) in [5.74, 6) is -2.05. The topological polar surface area (TPSA) is 83.8 Å². The molecule has 2 N–H and O–H groups in total. The van der Waals surface area contributed by atoms with Crippen LogP contribution in [0.25, 0.3) is 0 Å². The standard InChI is InChI=1S/C13H16O5/c1-2-13(11(14)15,12(16)17)8-9-18-10-6-4-3-5-7-10/h3-7H,2,8-9H2,1H3,(H,14,15)(H,16,17). The van der Waals surface area contributed by atoms with Gasteiger partial charge < -0.3 is 14.9 Å². The zero-order valence-corrected chi connectivity index (χ0v) is 10.1. The Morgan fingerprint density at radius 2 is 1.72 bits per heavy atom. The normalized spacial score (nSPS) is 10.9. The van der Waals surface area contributed by atoms with Crippen molar-refractivity contribution in [3.63, 3.8) is 0 Å². The van der Waals surface area contributed by atoms with Gasteiger partial charge in [0.1, 0.15) is 5.75 Å². The van der Waals surface area contributed by atoms with Crippen molar-refractivity contribution in [2.75, 3.05) is 6.61 Å². The first-order valence-electron chi connectivity index (χ1n) is 5.67. The minimum Gasteiger partial charge on any atom is -0.494 e. The van der Waals surface area contributed by atoms with Crippen molar-refractivity contribution >= 4 is 11.9 Å².